The number of aryl methyl sites for hydroxylation is 1. The van der Waals surface area contributed by atoms with Crippen LogP contribution in [0, 0.1) is 0 Å². The van der Waals surface area contributed by atoms with Crippen molar-refractivity contribution in [3.05, 3.63) is 69.1 Å². The summed E-state index contributed by atoms with van der Waals surface area (Å²) in [6.07, 6.45) is 3.04. The van der Waals surface area contributed by atoms with Crippen LogP contribution in [0.15, 0.2) is 41.3 Å². The van der Waals surface area contributed by atoms with Gasteiger partial charge in [-0.25, -0.2) is 0 Å². The van der Waals surface area contributed by atoms with E-state index in [9.17, 15) is 9.59 Å². The number of nitrogens with zero attached hydrogens (tertiary/aromatic N) is 2. The SMILES string of the molecule is CC(C)c1ccc(CC(=O)N2CCc3cc(=O)n(C)cc3C2)cc1. The highest BCUT2D eigenvalue weighted by molar-refractivity contribution is 5.79. The number of hydrogen-bond donors (Lipinski definition) is 0. The van der Waals surface area contributed by atoms with Crippen molar-refractivity contribution in [3.8, 4) is 0 Å². The lowest BCUT2D eigenvalue weighted by atomic mass is 9.99. The molecule has 1 aliphatic rings. The molecule has 0 saturated heterocycles. The van der Waals surface area contributed by atoms with Gasteiger partial charge in [-0.15, -0.1) is 0 Å². The summed E-state index contributed by atoms with van der Waals surface area (Å²) in [4.78, 5) is 26.2. The van der Waals surface area contributed by atoms with Crippen molar-refractivity contribution in [2.24, 2.45) is 7.05 Å². The molecule has 126 valence electrons. The molecule has 2 aromatic rings. The number of rotatable bonds is 3. The third-order valence-corrected chi connectivity index (χ3v) is 4.77. The van der Waals surface area contributed by atoms with Gasteiger partial charge in [0.15, 0.2) is 0 Å². The average molecular weight is 324 g/mol. The van der Waals surface area contributed by atoms with Gasteiger partial charge in [0.25, 0.3) is 5.56 Å². The van der Waals surface area contributed by atoms with E-state index in [1.54, 1.807) is 17.7 Å². The van der Waals surface area contributed by atoms with Crippen LogP contribution in [0.1, 0.15) is 42.0 Å². The summed E-state index contributed by atoms with van der Waals surface area (Å²) < 4.78 is 1.58. The van der Waals surface area contributed by atoms with Crippen LogP contribution in [-0.4, -0.2) is 21.9 Å². The van der Waals surface area contributed by atoms with Crippen LogP contribution in [0.5, 0.6) is 0 Å². The van der Waals surface area contributed by atoms with Crippen molar-refractivity contribution in [1.29, 1.82) is 0 Å². The van der Waals surface area contributed by atoms with Gasteiger partial charge in [-0.1, -0.05) is 38.1 Å². The molecule has 0 aliphatic carbocycles. The fourth-order valence-corrected chi connectivity index (χ4v) is 3.16. The van der Waals surface area contributed by atoms with Gasteiger partial charge in [0.1, 0.15) is 0 Å². The Balaban J connectivity index is 1.70. The molecule has 4 heteroatoms. The van der Waals surface area contributed by atoms with Gasteiger partial charge < -0.3 is 9.47 Å². The zero-order valence-electron chi connectivity index (χ0n) is 14.6. The third-order valence-electron chi connectivity index (χ3n) is 4.77. The van der Waals surface area contributed by atoms with Gasteiger partial charge in [0, 0.05) is 32.4 Å². The molecule has 0 bridgehead atoms. The number of pyridine rings is 1. The number of carbonyl (C=O) groups is 1. The van der Waals surface area contributed by atoms with E-state index in [1.165, 1.54) is 5.56 Å². The molecule has 24 heavy (non-hydrogen) atoms. The molecule has 0 N–H and O–H groups in total. The van der Waals surface area contributed by atoms with E-state index in [0.29, 0.717) is 25.4 Å². The second kappa shape index (κ2) is 6.63. The van der Waals surface area contributed by atoms with Crippen LogP contribution in [0.4, 0.5) is 0 Å². The molecule has 0 fully saturated rings. The number of fused-ring (bicyclic) bond motifs is 1. The van der Waals surface area contributed by atoms with E-state index < -0.39 is 0 Å². The first-order chi connectivity index (χ1) is 11.4. The Hall–Kier alpha value is -2.36. The van der Waals surface area contributed by atoms with E-state index in [1.807, 2.05) is 11.1 Å². The van der Waals surface area contributed by atoms with Gasteiger partial charge >= 0.3 is 0 Å². The Kier molecular flexibility index (Phi) is 4.56. The third kappa shape index (κ3) is 3.42. The van der Waals surface area contributed by atoms with Crippen molar-refractivity contribution in [3.63, 3.8) is 0 Å². The van der Waals surface area contributed by atoms with E-state index in [4.69, 9.17) is 0 Å². The molecule has 0 saturated carbocycles. The minimum Gasteiger partial charge on any atom is -0.338 e. The first-order valence-corrected chi connectivity index (χ1v) is 8.49. The van der Waals surface area contributed by atoms with E-state index >= 15 is 0 Å². The Morgan fingerprint density at radius 2 is 1.88 bits per heavy atom. The molecule has 0 spiro atoms. The number of aromatic nitrogens is 1. The zero-order chi connectivity index (χ0) is 17.3. The van der Waals surface area contributed by atoms with Crippen LogP contribution in [-0.2, 0) is 31.2 Å². The van der Waals surface area contributed by atoms with Crippen LogP contribution < -0.4 is 5.56 Å². The summed E-state index contributed by atoms with van der Waals surface area (Å²) in [5.74, 6) is 0.645. The number of hydrogen-bond acceptors (Lipinski definition) is 2. The van der Waals surface area contributed by atoms with Gasteiger partial charge in [-0.3, -0.25) is 9.59 Å². The zero-order valence-corrected chi connectivity index (χ0v) is 14.6. The van der Waals surface area contributed by atoms with E-state index in [0.717, 1.165) is 23.1 Å². The van der Waals surface area contributed by atoms with Crippen molar-refractivity contribution in [2.45, 2.75) is 39.2 Å². The molecule has 0 unspecified atom stereocenters. The smallest absolute Gasteiger partial charge is 0.250 e. The van der Waals surface area contributed by atoms with E-state index in [-0.39, 0.29) is 11.5 Å². The second-order valence-corrected chi connectivity index (χ2v) is 6.91. The Bertz CT molecular complexity index is 803. The topological polar surface area (TPSA) is 42.3 Å². The molecule has 0 atom stereocenters. The Morgan fingerprint density at radius 1 is 1.17 bits per heavy atom. The van der Waals surface area contributed by atoms with Crippen LogP contribution in [0.3, 0.4) is 0 Å². The number of benzene rings is 1. The molecule has 1 aromatic heterocycles. The maximum atomic E-state index is 12.6. The standard InChI is InChI=1S/C20H24N2O2/c1-14(2)16-6-4-15(5-7-16)10-20(24)22-9-8-17-11-19(23)21(3)12-18(17)13-22/h4-7,11-12,14H,8-10,13H2,1-3H3. The summed E-state index contributed by atoms with van der Waals surface area (Å²) in [6, 6.07) is 10.0. The first-order valence-electron chi connectivity index (χ1n) is 8.49. The maximum absolute atomic E-state index is 12.6. The van der Waals surface area contributed by atoms with Crippen LogP contribution in [0.2, 0.25) is 0 Å². The summed E-state index contributed by atoms with van der Waals surface area (Å²) in [5.41, 5.74) is 4.50. The highest BCUT2D eigenvalue weighted by atomic mass is 16.2. The Morgan fingerprint density at radius 3 is 2.54 bits per heavy atom. The maximum Gasteiger partial charge on any atom is 0.250 e. The predicted molar refractivity (Wildman–Crippen MR) is 95.0 cm³/mol. The largest absolute Gasteiger partial charge is 0.338 e. The Labute approximate surface area is 142 Å². The molecule has 2 heterocycles. The molecule has 4 nitrogen and oxygen atoms in total. The summed E-state index contributed by atoms with van der Waals surface area (Å²) in [5, 5.41) is 0. The highest BCUT2D eigenvalue weighted by Gasteiger charge is 2.21. The molecule has 1 aromatic carbocycles. The fraction of sp³-hybridized carbons (Fsp3) is 0.400. The number of amides is 1. The molecule has 3 rings (SSSR count). The lowest BCUT2D eigenvalue weighted by Crippen LogP contribution is -2.38. The van der Waals surface area contributed by atoms with Gasteiger partial charge in [0.2, 0.25) is 5.91 Å². The number of carbonyl (C=O) groups excluding carboxylic acids is 1. The van der Waals surface area contributed by atoms with Gasteiger partial charge in [-0.05, 0) is 34.6 Å². The second-order valence-electron chi connectivity index (χ2n) is 6.91. The summed E-state index contributed by atoms with van der Waals surface area (Å²) >= 11 is 0. The lowest BCUT2D eigenvalue weighted by molar-refractivity contribution is -0.131. The van der Waals surface area contributed by atoms with Crippen molar-refractivity contribution in [1.82, 2.24) is 9.47 Å². The van der Waals surface area contributed by atoms with Crippen molar-refractivity contribution < 1.29 is 4.79 Å². The van der Waals surface area contributed by atoms with E-state index in [2.05, 4.69) is 38.1 Å². The summed E-state index contributed by atoms with van der Waals surface area (Å²) in [7, 11) is 1.75. The quantitative estimate of drug-likeness (QED) is 0.871. The molecule has 1 amide bonds. The first kappa shape index (κ1) is 16.5. The van der Waals surface area contributed by atoms with Crippen molar-refractivity contribution in [2.75, 3.05) is 6.54 Å². The average Bonchev–Trinajstić information content (AvgIpc) is 2.56. The van der Waals surface area contributed by atoms with Crippen molar-refractivity contribution >= 4 is 5.91 Å². The summed E-state index contributed by atoms with van der Waals surface area (Å²) in [6.45, 7) is 5.60. The fourth-order valence-electron chi connectivity index (χ4n) is 3.16. The minimum atomic E-state index is 0.0127. The van der Waals surface area contributed by atoms with Crippen LogP contribution in [0.25, 0.3) is 0 Å². The monoisotopic (exact) mass is 324 g/mol. The molecular weight excluding hydrogens is 300 g/mol. The minimum absolute atomic E-state index is 0.0127. The molecular formula is C20H24N2O2. The molecule has 1 aliphatic heterocycles. The van der Waals surface area contributed by atoms with Gasteiger partial charge in [0.05, 0.1) is 6.42 Å². The molecule has 0 radical (unpaired) electrons. The normalized spacial score (nSPS) is 13.9. The predicted octanol–water partition coefficient (Wildman–Crippen LogP) is 2.64. The van der Waals surface area contributed by atoms with Gasteiger partial charge in [-0.2, -0.15) is 0 Å². The van der Waals surface area contributed by atoms with Crippen LogP contribution >= 0.6 is 0 Å². The lowest BCUT2D eigenvalue weighted by Gasteiger charge is -2.29. The highest BCUT2D eigenvalue weighted by Crippen LogP contribution is 2.19.